The normalized spacial score (nSPS) is 9.94. The summed E-state index contributed by atoms with van der Waals surface area (Å²) in [4.78, 5) is 12.5. The molecule has 0 aliphatic rings. The summed E-state index contributed by atoms with van der Waals surface area (Å²) in [6, 6.07) is 5.91. The Morgan fingerprint density at radius 2 is 2.22 bits per heavy atom. The van der Waals surface area contributed by atoms with Crippen LogP contribution in [-0.4, -0.2) is 19.6 Å². The van der Waals surface area contributed by atoms with Crippen molar-refractivity contribution in [2.24, 2.45) is 0 Å². The van der Waals surface area contributed by atoms with Crippen LogP contribution in [0.5, 0.6) is 0 Å². The van der Waals surface area contributed by atoms with E-state index in [1.54, 1.807) is 6.92 Å². The monoisotopic (exact) mass is 329 g/mol. The third-order valence-electron chi connectivity index (χ3n) is 2.38. The molecule has 0 saturated heterocycles. The molecule has 18 heavy (non-hydrogen) atoms. The molecule has 98 valence electrons. The van der Waals surface area contributed by atoms with Crippen LogP contribution in [0.15, 0.2) is 22.7 Å². The Morgan fingerprint density at radius 3 is 2.83 bits per heavy atom. The number of fused-ring (bicyclic) bond motifs is 1. The van der Waals surface area contributed by atoms with Crippen LogP contribution in [0.1, 0.15) is 24.0 Å². The molecule has 1 aromatic carbocycles. The molecule has 1 heterocycles. The van der Waals surface area contributed by atoms with Gasteiger partial charge in [0.25, 0.3) is 0 Å². The molecular formula is C13H16BrNO2S. The van der Waals surface area contributed by atoms with Gasteiger partial charge in [0.05, 0.1) is 17.0 Å². The van der Waals surface area contributed by atoms with Crippen molar-refractivity contribution in [1.29, 1.82) is 0 Å². The number of carbonyl (C=O) groups excluding carboxylic acids is 1. The molecule has 0 aliphatic carbocycles. The van der Waals surface area contributed by atoms with Gasteiger partial charge in [-0.1, -0.05) is 19.6 Å². The molecule has 1 aromatic heterocycles. The largest absolute Gasteiger partial charge is 0.462 e. The van der Waals surface area contributed by atoms with Gasteiger partial charge in [-0.05, 0) is 28.9 Å². The second kappa shape index (κ2) is 6.20. The zero-order chi connectivity index (χ0) is 12.4. The molecule has 3 nitrogen and oxygen atoms in total. The third-order valence-corrected chi connectivity index (χ3v) is 4.52. The highest BCUT2D eigenvalue weighted by atomic mass is 79.9. The zero-order valence-corrected chi connectivity index (χ0v) is 11.9. The van der Waals surface area contributed by atoms with Gasteiger partial charge >= 0.3 is 5.97 Å². The van der Waals surface area contributed by atoms with Crippen LogP contribution in [-0.2, 0) is 4.74 Å². The minimum absolute atomic E-state index is 0. The van der Waals surface area contributed by atoms with E-state index in [2.05, 4.69) is 21.2 Å². The van der Waals surface area contributed by atoms with Crippen molar-refractivity contribution in [3.05, 3.63) is 27.5 Å². The van der Waals surface area contributed by atoms with Gasteiger partial charge in [0.1, 0.15) is 4.88 Å². The summed E-state index contributed by atoms with van der Waals surface area (Å²) in [5.41, 5.74) is 0.838. The van der Waals surface area contributed by atoms with Crippen LogP contribution >= 0.6 is 27.3 Å². The molecule has 5 heteroatoms. The molecule has 0 bridgehead atoms. The highest BCUT2D eigenvalue weighted by Crippen LogP contribution is 2.39. The maximum absolute atomic E-state index is 11.8. The van der Waals surface area contributed by atoms with E-state index in [0.29, 0.717) is 11.5 Å². The van der Waals surface area contributed by atoms with Gasteiger partial charge in [-0.2, -0.15) is 0 Å². The van der Waals surface area contributed by atoms with Crippen molar-refractivity contribution in [2.45, 2.75) is 14.4 Å². The Kier molecular flexibility index (Phi) is 5.16. The van der Waals surface area contributed by atoms with E-state index in [0.717, 1.165) is 20.2 Å². The number of hydrogen-bond donors (Lipinski definition) is 1. The number of benzene rings is 1. The van der Waals surface area contributed by atoms with Crippen molar-refractivity contribution in [2.75, 3.05) is 19.0 Å². The Morgan fingerprint density at radius 1 is 1.50 bits per heavy atom. The summed E-state index contributed by atoms with van der Waals surface area (Å²) >= 11 is 4.93. The van der Waals surface area contributed by atoms with E-state index in [9.17, 15) is 4.79 Å². The van der Waals surface area contributed by atoms with Crippen LogP contribution in [0.2, 0.25) is 0 Å². The number of anilines is 1. The Bertz CT molecular complexity index is 565. The number of nitrogens with one attached hydrogen (secondary N) is 1. The Labute approximate surface area is 119 Å². The van der Waals surface area contributed by atoms with Gasteiger partial charge in [0.15, 0.2) is 0 Å². The summed E-state index contributed by atoms with van der Waals surface area (Å²) in [6.45, 7) is 2.19. The van der Waals surface area contributed by atoms with E-state index in [1.807, 2.05) is 25.2 Å². The molecule has 0 fully saturated rings. The molecule has 0 atom stereocenters. The lowest BCUT2D eigenvalue weighted by Crippen LogP contribution is -2.04. The predicted octanol–water partition coefficient (Wildman–Crippen LogP) is 4.52. The zero-order valence-electron chi connectivity index (χ0n) is 9.54. The number of halogens is 1. The lowest BCUT2D eigenvalue weighted by Gasteiger charge is -2.03. The van der Waals surface area contributed by atoms with E-state index >= 15 is 0 Å². The van der Waals surface area contributed by atoms with E-state index in [-0.39, 0.29) is 13.4 Å². The number of hydrogen-bond acceptors (Lipinski definition) is 4. The van der Waals surface area contributed by atoms with Crippen LogP contribution in [0, 0.1) is 0 Å². The molecule has 0 unspecified atom stereocenters. The minimum atomic E-state index is -0.273. The van der Waals surface area contributed by atoms with Crippen molar-refractivity contribution in [3.8, 4) is 0 Å². The smallest absolute Gasteiger partial charge is 0.350 e. The second-order valence-corrected chi connectivity index (χ2v) is 5.27. The predicted molar refractivity (Wildman–Crippen MR) is 81.8 cm³/mol. The first-order valence-corrected chi connectivity index (χ1v) is 6.85. The fourth-order valence-corrected chi connectivity index (χ4v) is 3.39. The van der Waals surface area contributed by atoms with Crippen molar-refractivity contribution >= 4 is 49.0 Å². The number of carbonyl (C=O) groups is 1. The van der Waals surface area contributed by atoms with Crippen LogP contribution in [0.25, 0.3) is 10.1 Å². The van der Waals surface area contributed by atoms with Gasteiger partial charge in [-0.15, -0.1) is 11.3 Å². The summed E-state index contributed by atoms with van der Waals surface area (Å²) in [7, 11) is 1.81. The maximum Gasteiger partial charge on any atom is 0.350 e. The van der Waals surface area contributed by atoms with Crippen LogP contribution < -0.4 is 5.32 Å². The summed E-state index contributed by atoms with van der Waals surface area (Å²) in [5.74, 6) is -0.273. The van der Waals surface area contributed by atoms with Crippen molar-refractivity contribution in [1.82, 2.24) is 0 Å². The number of rotatable bonds is 3. The lowest BCUT2D eigenvalue weighted by atomic mass is 10.2. The highest BCUT2D eigenvalue weighted by Gasteiger charge is 2.19. The number of esters is 1. The molecule has 0 saturated carbocycles. The summed E-state index contributed by atoms with van der Waals surface area (Å²) in [6.07, 6.45) is 0. The standard InChI is InChI=1S/C12H12BrNO2S.CH4/c1-3-16-12(15)11-9(14-2)7-5-4-6-8(13)10(7)17-11;/h4-6,14H,3H2,1-2H3;1H4. The van der Waals surface area contributed by atoms with Gasteiger partial charge in [-0.25, -0.2) is 4.79 Å². The molecular weight excluding hydrogens is 314 g/mol. The van der Waals surface area contributed by atoms with Crippen molar-refractivity contribution in [3.63, 3.8) is 0 Å². The lowest BCUT2D eigenvalue weighted by molar-refractivity contribution is 0.0533. The Hall–Kier alpha value is -1.07. The fraction of sp³-hybridized carbons (Fsp3) is 0.308. The van der Waals surface area contributed by atoms with E-state index in [4.69, 9.17) is 4.74 Å². The average Bonchev–Trinajstić information content (AvgIpc) is 2.69. The van der Waals surface area contributed by atoms with E-state index < -0.39 is 0 Å². The molecule has 0 spiro atoms. The molecule has 0 aliphatic heterocycles. The van der Waals surface area contributed by atoms with Crippen molar-refractivity contribution < 1.29 is 9.53 Å². The molecule has 2 rings (SSSR count). The molecule has 0 amide bonds. The molecule has 1 N–H and O–H groups in total. The number of thiophene rings is 1. The molecule has 2 aromatic rings. The van der Waals surface area contributed by atoms with Gasteiger partial charge < -0.3 is 10.1 Å². The minimum Gasteiger partial charge on any atom is -0.462 e. The maximum atomic E-state index is 11.8. The second-order valence-electron chi connectivity index (χ2n) is 3.39. The molecule has 0 radical (unpaired) electrons. The third kappa shape index (κ3) is 2.52. The van der Waals surface area contributed by atoms with Crippen LogP contribution in [0.3, 0.4) is 0 Å². The summed E-state index contributed by atoms with van der Waals surface area (Å²) < 4.78 is 7.10. The Balaban J connectivity index is 0.00000162. The average molecular weight is 330 g/mol. The van der Waals surface area contributed by atoms with Gasteiger partial charge in [0.2, 0.25) is 0 Å². The van der Waals surface area contributed by atoms with E-state index in [1.165, 1.54) is 11.3 Å². The first-order chi connectivity index (χ1) is 8.19. The SMILES string of the molecule is C.CCOC(=O)c1sc2c(Br)cccc2c1NC. The van der Waals surface area contributed by atoms with Crippen LogP contribution in [0.4, 0.5) is 5.69 Å². The fourth-order valence-electron chi connectivity index (χ4n) is 1.67. The topological polar surface area (TPSA) is 38.3 Å². The number of ether oxygens (including phenoxy) is 1. The quantitative estimate of drug-likeness (QED) is 0.841. The first kappa shape index (κ1) is 15.0. The van der Waals surface area contributed by atoms with Gasteiger partial charge in [0, 0.05) is 16.9 Å². The van der Waals surface area contributed by atoms with Gasteiger partial charge in [-0.3, -0.25) is 0 Å². The first-order valence-electron chi connectivity index (χ1n) is 5.25. The summed E-state index contributed by atoms with van der Waals surface area (Å²) in [5, 5.41) is 4.11. The highest BCUT2D eigenvalue weighted by molar-refractivity contribution is 9.10.